The van der Waals surface area contributed by atoms with Crippen molar-refractivity contribution in [1.82, 2.24) is 4.90 Å². The molecule has 7 nitrogen and oxygen atoms in total. The first kappa shape index (κ1) is 26.1. The molecule has 3 aromatic rings. The van der Waals surface area contributed by atoms with Gasteiger partial charge in [-0.15, -0.1) is 6.58 Å². The van der Waals surface area contributed by atoms with E-state index < -0.39 is 12.0 Å². The predicted molar refractivity (Wildman–Crippen MR) is 149 cm³/mol. The highest BCUT2D eigenvalue weighted by Gasteiger charge is 2.51. The first-order chi connectivity index (χ1) is 19.6. The lowest BCUT2D eigenvalue weighted by Crippen LogP contribution is -2.47. The molecular weight excluding hydrogens is 506 g/mol. The highest BCUT2D eigenvalue weighted by molar-refractivity contribution is 5.95. The summed E-state index contributed by atoms with van der Waals surface area (Å²) < 4.78 is 23.1. The minimum absolute atomic E-state index is 0.182. The minimum atomic E-state index is -0.588. The zero-order chi connectivity index (χ0) is 27.5. The molecule has 0 N–H and O–H groups in total. The van der Waals surface area contributed by atoms with Crippen LogP contribution >= 0.6 is 0 Å². The van der Waals surface area contributed by atoms with Crippen LogP contribution in [0, 0.1) is 11.8 Å². The van der Waals surface area contributed by atoms with Gasteiger partial charge in [-0.3, -0.25) is 4.79 Å². The lowest BCUT2D eigenvalue weighted by atomic mass is 9.82. The Labute approximate surface area is 234 Å². The van der Waals surface area contributed by atoms with Gasteiger partial charge in [0.05, 0.1) is 24.2 Å². The molecule has 3 heterocycles. The average molecular weight is 540 g/mol. The number of imide groups is 1. The molecular formula is C33H33NO6. The highest BCUT2D eigenvalue weighted by atomic mass is 16.7. The van der Waals surface area contributed by atoms with Crippen LogP contribution in [0.2, 0.25) is 0 Å². The van der Waals surface area contributed by atoms with Crippen LogP contribution in [-0.2, 0) is 33.5 Å². The van der Waals surface area contributed by atoms with E-state index in [0.29, 0.717) is 25.0 Å². The smallest absolute Gasteiger partial charge is 0.416 e. The van der Waals surface area contributed by atoms with Crippen LogP contribution < -0.4 is 9.47 Å². The molecule has 2 fully saturated rings. The molecule has 0 unspecified atom stereocenters. The number of fused-ring (bicyclic) bond motifs is 1. The number of hydrogen-bond donors (Lipinski definition) is 0. The fraction of sp³-hybridized carbons (Fsp3) is 0.333. The maximum atomic E-state index is 14.3. The number of cyclic esters (lactones) is 1. The molecule has 0 spiro atoms. The summed E-state index contributed by atoms with van der Waals surface area (Å²) in [5.74, 6) is 0.359. The number of nitrogens with zero attached hydrogens (tertiary/aromatic N) is 1. The molecule has 2 saturated heterocycles. The monoisotopic (exact) mass is 539 g/mol. The summed E-state index contributed by atoms with van der Waals surface area (Å²) in [5, 5.41) is 0. The van der Waals surface area contributed by atoms with E-state index in [4.69, 9.17) is 18.9 Å². The molecule has 3 aliphatic heterocycles. The van der Waals surface area contributed by atoms with E-state index in [0.717, 1.165) is 23.3 Å². The van der Waals surface area contributed by atoms with E-state index in [-0.39, 0.29) is 43.5 Å². The molecule has 7 heteroatoms. The Kier molecular flexibility index (Phi) is 7.55. The SMILES string of the molecule is C=C[C@H]1[C@H](C(=O)N2C(=O)OC[C@@H]2Cc2ccccc2)[C@@H](CCc2ccccc2)O[C@H]1Cc1ccc2c(c1)OCO2. The van der Waals surface area contributed by atoms with Crippen molar-refractivity contribution in [2.45, 2.75) is 43.9 Å². The Morgan fingerprint density at radius 1 is 0.850 bits per heavy atom. The molecule has 40 heavy (non-hydrogen) atoms. The van der Waals surface area contributed by atoms with Gasteiger partial charge in [0.25, 0.3) is 0 Å². The number of hydrogen-bond acceptors (Lipinski definition) is 6. The van der Waals surface area contributed by atoms with Gasteiger partial charge in [-0.2, -0.15) is 0 Å². The maximum Gasteiger partial charge on any atom is 0.416 e. The van der Waals surface area contributed by atoms with Crippen LogP contribution in [0.5, 0.6) is 11.5 Å². The van der Waals surface area contributed by atoms with Crippen molar-refractivity contribution in [1.29, 1.82) is 0 Å². The van der Waals surface area contributed by atoms with Gasteiger partial charge >= 0.3 is 6.09 Å². The van der Waals surface area contributed by atoms with Crippen LogP contribution in [0.15, 0.2) is 91.5 Å². The zero-order valence-corrected chi connectivity index (χ0v) is 22.3. The van der Waals surface area contributed by atoms with Crippen LogP contribution in [0.1, 0.15) is 23.1 Å². The lowest BCUT2D eigenvalue weighted by molar-refractivity contribution is -0.136. The summed E-state index contributed by atoms with van der Waals surface area (Å²) in [6.45, 7) is 4.49. The maximum absolute atomic E-state index is 14.3. The second-order valence-electron chi connectivity index (χ2n) is 10.6. The molecule has 0 bridgehead atoms. The molecule has 2 amide bonds. The Morgan fingerprint density at radius 2 is 1.57 bits per heavy atom. The summed E-state index contributed by atoms with van der Waals surface area (Å²) >= 11 is 0. The predicted octanol–water partition coefficient (Wildman–Crippen LogP) is 5.37. The largest absolute Gasteiger partial charge is 0.454 e. The number of benzene rings is 3. The molecule has 0 saturated carbocycles. The van der Waals surface area contributed by atoms with Crippen LogP contribution in [0.3, 0.4) is 0 Å². The molecule has 206 valence electrons. The van der Waals surface area contributed by atoms with Crippen molar-refractivity contribution in [3.8, 4) is 11.5 Å². The summed E-state index contributed by atoms with van der Waals surface area (Å²) in [6, 6.07) is 25.5. The van der Waals surface area contributed by atoms with Gasteiger partial charge < -0.3 is 18.9 Å². The number of carbonyl (C=O) groups is 2. The number of carbonyl (C=O) groups excluding carboxylic acids is 2. The Bertz CT molecular complexity index is 1360. The van der Waals surface area contributed by atoms with Crippen LogP contribution in [0.25, 0.3) is 0 Å². The van der Waals surface area contributed by atoms with Crippen LogP contribution in [-0.4, -0.2) is 48.5 Å². The van der Waals surface area contributed by atoms with E-state index in [1.54, 1.807) is 0 Å². The first-order valence-corrected chi connectivity index (χ1v) is 13.8. The number of ether oxygens (including phenoxy) is 4. The Morgan fingerprint density at radius 3 is 2.33 bits per heavy atom. The number of amides is 2. The Balaban J connectivity index is 1.26. The quantitative estimate of drug-likeness (QED) is 0.341. The minimum Gasteiger partial charge on any atom is -0.454 e. The first-order valence-electron chi connectivity index (χ1n) is 13.8. The molecule has 0 radical (unpaired) electrons. The van der Waals surface area contributed by atoms with Crippen molar-refractivity contribution in [2.75, 3.05) is 13.4 Å². The third kappa shape index (κ3) is 5.34. The summed E-state index contributed by atoms with van der Waals surface area (Å²) in [5.41, 5.74) is 3.25. The molecule has 6 rings (SSSR count). The average Bonchev–Trinajstić information content (AvgIpc) is 3.69. The van der Waals surface area contributed by atoms with Gasteiger partial charge in [-0.1, -0.05) is 72.8 Å². The summed E-state index contributed by atoms with van der Waals surface area (Å²) in [7, 11) is 0. The molecule has 5 atom stereocenters. The topological polar surface area (TPSA) is 74.3 Å². The normalized spacial score (nSPS) is 25.1. The third-order valence-corrected chi connectivity index (χ3v) is 8.10. The molecule has 0 aromatic heterocycles. The fourth-order valence-corrected chi connectivity index (χ4v) is 6.11. The van der Waals surface area contributed by atoms with Gasteiger partial charge in [0.1, 0.15) is 6.61 Å². The summed E-state index contributed by atoms with van der Waals surface area (Å²) in [6.07, 6.45) is 3.10. The second kappa shape index (κ2) is 11.6. The fourth-order valence-electron chi connectivity index (χ4n) is 6.11. The zero-order valence-electron chi connectivity index (χ0n) is 22.3. The van der Waals surface area contributed by atoms with Gasteiger partial charge in [0, 0.05) is 5.92 Å². The third-order valence-electron chi connectivity index (χ3n) is 8.10. The van der Waals surface area contributed by atoms with Crippen molar-refractivity contribution >= 4 is 12.0 Å². The van der Waals surface area contributed by atoms with Crippen LogP contribution in [0.4, 0.5) is 4.79 Å². The van der Waals surface area contributed by atoms with Crippen molar-refractivity contribution in [2.24, 2.45) is 11.8 Å². The van der Waals surface area contributed by atoms with E-state index >= 15 is 0 Å². The van der Waals surface area contributed by atoms with Crippen molar-refractivity contribution in [3.63, 3.8) is 0 Å². The van der Waals surface area contributed by atoms with Gasteiger partial charge in [-0.25, -0.2) is 9.69 Å². The highest BCUT2D eigenvalue weighted by Crippen LogP contribution is 2.41. The standard InChI is InChI=1S/C33H33NO6/c1-2-26-29(18-24-14-15-27-30(19-24)39-21-38-27)40-28(16-13-22-9-5-3-6-10-22)31(26)32(35)34-25(20-37-33(34)36)17-23-11-7-4-8-12-23/h2-12,14-15,19,25-26,28-29,31H,1,13,16-18,20-21H2/t25-,26+,28+,29-,31-/m0/s1. The summed E-state index contributed by atoms with van der Waals surface area (Å²) in [4.78, 5) is 28.5. The molecule has 0 aliphatic carbocycles. The van der Waals surface area contributed by atoms with Crippen molar-refractivity contribution in [3.05, 3.63) is 108 Å². The number of rotatable bonds is 9. The van der Waals surface area contributed by atoms with Crippen molar-refractivity contribution < 1.29 is 28.5 Å². The lowest BCUT2D eigenvalue weighted by Gasteiger charge is -2.27. The van der Waals surface area contributed by atoms with Gasteiger partial charge in [-0.05, 0) is 54.5 Å². The molecule has 3 aliphatic rings. The van der Waals surface area contributed by atoms with Gasteiger partial charge in [0.15, 0.2) is 11.5 Å². The molecule has 3 aromatic carbocycles. The van der Waals surface area contributed by atoms with E-state index in [2.05, 4.69) is 18.7 Å². The van der Waals surface area contributed by atoms with Gasteiger partial charge in [0.2, 0.25) is 12.7 Å². The van der Waals surface area contributed by atoms with E-state index in [1.165, 1.54) is 10.5 Å². The van der Waals surface area contributed by atoms with E-state index in [9.17, 15) is 9.59 Å². The number of aryl methyl sites for hydroxylation is 1. The second-order valence-corrected chi connectivity index (χ2v) is 10.6. The Hall–Kier alpha value is -4.10. The van der Waals surface area contributed by atoms with E-state index in [1.807, 2.05) is 72.8 Å².